The van der Waals surface area contributed by atoms with Crippen LogP contribution in [0.3, 0.4) is 0 Å². The lowest BCUT2D eigenvalue weighted by atomic mass is 10.2. The van der Waals surface area contributed by atoms with Gasteiger partial charge in [-0.1, -0.05) is 18.2 Å². The molecule has 0 spiro atoms. The Kier molecular flexibility index (Phi) is 7.38. The van der Waals surface area contributed by atoms with Gasteiger partial charge in [-0.15, -0.1) is 0 Å². The molecule has 4 rings (SSSR count). The van der Waals surface area contributed by atoms with Gasteiger partial charge in [0.25, 0.3) is 0 Å². The Balaban J connectivity index is 1.20. The molecule has 2 heterocycles. The first-order valence-corrected chi connectivity index (χ1v) is 12.9. The Morgan fingerprint density at radius 3 is 1.74 bits per heavy atom. The highest BCUT2D eigenvalue weighted by molar-refractivity contribution is 7.89. The van der Waals surface area contributed by atoms with Gasteiger partial charge in [0.1, 0.15) is 5.75 Å². The summed E-state index contributed by atoms with van der Waals surface area (Å²) < 4.78 is 26.9. The maximum absolute atomic E-state index is 12.7. The van der Waals surface area contributed by atoms with Crippen LogP contribution in [-0.2, 0) is 19.6 Å². The third kappa shape index (κ3) is 5.51. The van der Waals surface area contributed by atoms with Crippen molar-refractivity contribution in [2.24, 2.45) is 0 Å². The first-order chi connectivity index (χ1) is 16.3. The lowest BCUT2D eigenvalue weighted by molar-refractivity contribution is -0.137. The number of rotatable bonds is 6. The Hall–Kier alpha value is -3.11. The second-order valence-corrected chi connectivity index (χ2v) is 10.4. The number of phenolic OH excluding ortho intramolecular Hbond substituents is 1. The van der Waals surface area contributed by atoms with E-state index < -0.39 is 10.0 Å². The molecule has 182 valence electrons. The Morgan fingerprint density at radius 1 is 0.706 bits per heavy atom. The number of phenols is 1. The van der Waals surface area contributed by atoms with Crippen LogP contribution in [-0.4, -0.2) is 91.8 Å². The molecule has 2 fully saturated rings. The van der Waals surface area contributed by atoms with Crippen molar-refractivity contribution in [1.29, 1.82) is 0 Å². The molecule has 0 unspecified atom stereocenters. The number of piperazine rings is 2. The van der Waals surface area contributed by atoms with E-state index in [9.17, 15) is 23.1 Å². The van der Waals surface area contributed by atoms with Crippen molar-refractivity contribution in [2.45, 2.75) is 17.7 Å². The molecular formula is C24H30N4O5S. The fraction of sp³-hybridized carbons (Fsp3) is 0.417. The highest BCUT2D eigenvalue weighted by atomic mass is 32.2. The third-order valence-corrected chi connectivity index (χ3v) is 8.29. The van der Waals surface area contributed by atoms with E-state index in [1.165, 1.54) is 4.31 Å². The monoisotopic (exact) mass is 486 g/mol. The van der Waals surface area contributed by atoms with Crippen LogP contribution in [0.4, 0.5) is 5.69 Å². The van der Waals surface area contributed by atoms with E-state index in [-0.39, 0.29) is 48.4 Å². The largest absolute Gasteiger partial charge is 0.508 e. The molecule has 0 radical (unpaired) electrons. The number of amides is 2. The van der Waals surface area contributed by atoms with E-state index in [4.69, 9.17) is 0 Å². The van der Waals surface area contributed by atoms with Gasteiger partial charge in [0.2, 0.25) is 21.8 Å². The maximum atomic E-state index is 12.7. The molecule has 34 heavy (non-hydrogen) atoms. The van der Waals surface area contributed by atoms with Crippen molar-refractivity contribution in [3.05, 3.63) is 54.6 Å². The van der Waals surface area contributed by atoms with Gasteiger partial charge in [0.05, 0.1) is 4.90 Å². The Bertz CT molecular complexity index is 1090. The van der Waals surface area contributed by atoms with Crippen LogP contribution < -0.4 is 4.90 Å². The molecule has 0 aliphatic carbocycles. The van der Waals surface area contributed by atoms with Crippen LogP contribution in [0.15, 0.2) is 59.5 Å². The number of nitrogens with zero attached hydrogens (tertiary/aromatic N) is 4. The van der Waals surface area contributed by atoms with Crippen molar-refractivity contribution in [3.63, 3.8) is 0 Å². The molecule has 2 amide bonds. The number of carbonyl (C=O) groups is 2. The fourth-order valence-corrected chi connectivity index (χ4v) is 5.77. The summed E-state index contributed by atoms with van der Waals surface area (Å²) in [6, 6.07) is 15.3. The SMILES string of the molecule is O=C(CCC(=O)N1CCN(S(=O)(=O)c2ccccc2)CC1)N1CCN(c2ccc(O)cc2)CC1. The molecule has 2 aliphatic rings. The van der Waals surface area contributed by atoms with Gasteiger partial charge in [-0.05, 0) is 36.4 Å². The minimum absolute atomic E-state index is 0.0380. The topological polar surface area (TPSA) is 101 Å². The highest BCUT2D eigenvalue weighted by Crippen LogP contribution is 2.21. The number of aromatic hydroxyl groups is 1. The number of benzene rings is 2. The normalized spacial score (nSPS) is 17.6. The van der Waals surface area contributed by atoms with Crippen molar-refractivity contribution < 1.29 is 23.1 Å². The lowest BCUT2D eigenvalue weighted by Crippen LogP contribution is -2.51. The zero-order valence-corrected chi connectivity index (χ0v) is 19.9. The number of sulfonamides is 1. The summed E-state index contributed by atoms with van der Waals surface area (Å²) in [5, 5.41) is 9.43. The summed E-state index contributed by atoms with van der Waals surface area (Å²) in [6.07, 6.45) is 0.281. The Morgan fingerprint density at radius 2 is 1.21 bits per heavy atom. The zero-order chi connectivity index (χ0) is 24.1. The van der Waals surface area contributed by atoms with Crippen molar-refractivity contribution in [3.8, 4) is 5.75 Å². The van der Waals surface area contributed by atoms with Crippen LogP contribution in [0.2, 0.25) is 0 Å². The van der Waals surface area contributed by atoms with Crippen molar-refractivity contribution in [1.82, 2.24) is 14.1 Å². The van der Waals surface area contributed by atoms with E-state index in [1.54, 1.807) is 52.3 Å². The lowest BCUT2D eigenvalue weighted by Gasteiger charge is -2.36. The van der Waals surface area contributed by atoms with Crippen LogP contribution in [0.25, 0.3) is 0 Å². The summed E-state index contributed by atoms with van der Waals surface area (Å²) in [6.45, 7) is 3.71. The van der Waals surface area contributed by atoms with Crippen LogP contribution in [0.5, 0.6) is 5.75 Å². The molecule has 2 aliphatic heterocycles. The van der Waals surface area contributed by atoms with Crippen LogP contribution in [0, 0.1) is 0 Å². The van der Waals surface area contributed by atoms with E-state index in [2.05, 4.69) is 4.90 Å². The standard InChI is InChI=1S/C24H30N4O5S/c29-21-8-6-20(7-9-21)25-12-14-26(15-13-25)23(30)10-11-24(31)27-16-18-28(19-17-27)34(32,33)22-4-2-1-3-5-22/h1-9,29H,10-19H2. The smallest absolute Gasteiger partial charge is 0.243 e. The van der Waals surface area contributed by atoms with Crippen molar-refractivity contribution >= 4 is 27.5 Å². The molecule has 0 atom stereocenters. The summed E-state index contributed by atoms with van der Waals surface area (Å²) in [4.78, 5) is 31.1. The van der Waals surface area contributed by atoms with E-state index in [0.717, 1.165) is 5.69 Å². The zero-order valence-electron chi connectivity index (χ0n) is 19.0. The second kappa shape index (κ2) is 10.4. The van der Waals surface area contributed by atoms with Gasteiger partial charge >= 0.3 is 0 Å². The quantitative estimate of drug-likeness (QED) is 0.662. The summed E-state index contributed by atoms with van der Waals surface area (Å²) >= 11 is 0. The number of hydrogen-bond acceptors (Lipinski definition) is 6. The molecule has 2 saturated heterocycles. The second-order valence-electron chi connectivity index (χ2n) is 8.48. The molecule has 9 nitrogen and oxygen atoms in total. The maximum Gasteiger partial charge on any atom is 0.243 e. The van der Waals surface area contributed by atoms with Gasteiger partial charge in [0, 0.05) is 70.9 Å². The van der Waals surface area contributed by atoms with E-state index in [0.29, 0.717) is 39.3 Å². The summed E-state index contributed by atoms with van der Waals surface area (Å²) in [5.41, 5.74) is 1.01. The van der Waals surface area contributed by atoms with Crippen molar-refractivity contribution in [2.75, 3.05) is 57.3 Å². The van der Waals surface area contributed by atoms with Crippen LogP contribution >= 0.6 is 0 Å². The highest BCUT2D eigenvalue weighted by Gasteiger charge is 2.30. The first kappa shape index (κ1) is 24.0. The average Bonchev–Trinajstić information content (AvgIpc) is 2.88. The number of anilines is 1. The molecule has 0 bridgehead atoms. The average molecular weight is 487 g/mol. The van der Waals surface area contributed by atoms with Gasteiger partial charge in [0.15, 0.2) is 0 Å². The predicted octanol–water partition coefficient (Wildman–Crippen LogP) is 1.35. The van der Waals surface area contributed by atoms with Gasteiger partial charge < -0.3 is 19.8 Å². The predicted molar refractivity (Wildman–Crippen MR) is 128 cm³/mol. The van der Waals surface area contributed by atoms with Crippen LogP contribution in [0.1, 0.15) is 12.8 Å². The third-order valence-electron chi connectivity index (χ3n) is 6.37. The minimum Gasteiger partial charge on any atom is -0.508 e. The van der Waals surface area contributed by atoms with Gasteiger partial charge in [-0.3, -0.25) is 9.59 Å². The molecule has 1 N–H and O–H groups in total. The molecular weight excluding hydrogens is 456 g/mol. The molecule has 2 aromatic carbocycles. The number of hydrogen-bond donors (Lipinski definition) is 1. The molecule has 10 heteroatoms. The summed E-state index contributed by atoms with van der Waals surface area (Å²) in [5.74, 6) is 0.0679. The Labute approximate surface area is 200 Å². The first-order valence-electron chi connectivity index (χ1n) is 11.5. The summed E-state index contributed by atoms with van der Waals surface area (Å²) in [7, 11) is -3.56. The van der Waals surface area contributed by atoms with Gasteiger partial charge in [-0.25, -0.2) is 8.42 Å². The molecule has 0 saturated carbocycles. The van der Waals surface area contributed by atoms with E-state index >= 15 is 0 Å². The number of carbonyl (C=O) groups excluding carboxylic acids is 2. The van der Waals surface area contributed by atoms with Gasteiger partial charge in [-0.2, -0.15) is 4.31 Å². The minimum atomic E-state index is -3.56. The molecule has 0 aromatic heterocycles. The molecule has 2 aromatic rings. The van der Waals surface area contributed by atoms with E-state index in [1.807, 2.05) is 12.1 Å². The fourth-order valence-electron chi connectivity index (χ4n) is 4.33.